The summed E-state index contributed by atoms with van der Waals surface area (Å²) in [6.45, 7) is 2.24. The molecule has 0 radical (unpaired) electrons. The lowest BCUT2D eigenvalue weighted by atomic mass is 9.77. The van der Waals surface area contributed by atoms with E-state index >= 15 is 0 Å². The van der Waals surface area contributed by atoms with Gasteiger partial charge in [0.05, 0.1) is 17.5 Å². The Morgan fingerprint density at radius 2 is 1.81 bits per heavy atom. The second kappa shape index (κ2) is 5.50. The molecule has 3 heterocycles. The fourth-order valence-electron chi connectivity index (χ4n) is 4.53. The summed E-state index contributed by atoms with van der Waals surface area (Å²) in [5.74, 6) is -2.19. The quantitative estimate of drug-likeness (QED) is 0.687. The van der Waals surface area contributed by atoms with Crippen LogP contribution in [0.5, 0.6) is 0 Å². The third-order valence-corrected chi connectivity index (χ3v) is 6.29. The van der Waals surface area contributed by atoms with Gasteiger partial charge in [-0.2, -0.15) is 0 Å². The molecule has 0 saturated carbocycles. The van der Waals surface area contributed by atoms with E-state index in [1.54, 1.807) is 18.2 Å². The van der Waals surface area contributed by atoms with Crippen LogP contribution in [-0.4, -0.2) is 24.3 Å². The molecule has 2 N–H and O–H groups in total. The fourth-order valence-corrected chi connectivity index (χ4v) is 4.89. The fraction of sp³-hybridized carbons (Fsp3) is 0.250. The first-order chi connectivity index (χ1) is 12.9. The van der Waals surface area contributed by atoms with Crippen LogP contribution in [0.3, 0.4) is 0 Å². The molecule has 2 aromatic carbocycles. The molecule has 5 rings (SSSR count). The van der Waals surface area contributed by atoms with E-state index in [1.165, 1.54) is 4.90 Å². The molecular formula is C20H16BrN3O3. The van der Waals surface area contributed by atoms with E-state index in [1.807, 2.05) is 31.2 Å². The van der Waals surface area contributed by atoms with Crippen LogP contribution in [0, 0.1) is 18.8 Å². The van der Waals surface area contributed by atoms with Gasteiger partial charge in [-0.15, -0.1) is 0 Å². The molecule has 3 aliphatic rings. The maximum Gasteiger partial charge on any atom is 0.250 e. The Morgan fingerprint density at radius 3 is 2.56 bits per heavy atom. The predicted octanol–water partition coefficient (Wildman–Crippen LogP) is 2.31. The number of aryl methyl sites for hydroxylation is 1. The topological polar surface area (TPSA) is 78.5 Å². The van der Waals surface area contributed by atoms with E-state index in [9.17, 15) is 14.4 Å². The van der Waals surface area contributed by atoms with E-state index in [2.05, 4.69) is 26.6 Å². The van der Waals surface area contributed by atoms with Crippen LogP contribution >= 0.6 is 15.9 Å². The lowest BCUT2D eigenvalue weighted by Gasteiger charge is -2.28. The average Bonchev–Trinajstić information content (AvgIpc) is 3.25. The van der Waals surface area contributed by atoms with Gasteiger partial charge in [0.15, 0.2) is 0 Å². The van der Waals surface area contributed by atoms with Crippen molar-refractivity contribution in [3.8, 4) is 0 Å². The largest absolute Gasteiger partial charge is 0.324 e. The molecule has 0 aliphatic carbocycles. The predicted molar refractivity (Wildman–Crippen MR) is 103 cm³/mol. The number of benzene rings is 2. The Balaban J connectivity index is 1.63. The van der Waals surface area contributed by atoms with Crippen LogP contribution in [-0.2, 0) is 19.9 Å². The van der Waals surface area contributed by atoms with Gasteiger partial charge < -0.3 is 5.32 Å². The number of carbonyl (C=O) groups is 3. The number of nitrogens with one attached hydrogen (secondary N) is 2. The zero-order valence-corrected chi connectivity index (χ0v) is 16.0. The minimum Gasteiger partial charge on any atom is -0.324 e. The van der Waals surface area contributed by atoms with Crippen molar-refractivity contribution in [3.63, 3.8) is 0 Å². The Kier molecular flexibility index (Phi) is 3.39. The number of fused-ring (bicyclic) bond motifs is 4. The number of carbonyl (C=O) groups excluding carboxylic acids is 3. The van der Waals surface area contributed by atoms with Crippen molar-refractivity contribution in [3.05, 3.63) is 58.1 Å². The Hall–Kier alpha value is -2.51. The van der Waals surface area contributed by atoms with Crippen molar-refractivity contribution in [1.82, 2.24) is 5.32 Å². The van der Waals surface area contributed by atoms with Gasteiger partial charge in [-0.25, -0.2) is 4.90 Å². The summed E-state index contributed by atoms with van der Waals surface area (Å²) in [6, 6.07) is 12.8. The molecule has 136 valence electrons. The number of hydrogen-bond donors (Lipinski definition) is 2. The van der Waals surface area contributed by atoms with E-state index in [-0.39, 0.29) is 24.3 Å². The molecule has 0 unspecified atom stereocenters. The first kappa shape index (κ1) is 16.6. The van der Waals surface area contributed by atoms with Gasteiger partial charge in [-0.3, -0.25) is 19.7 Å². The van der Waals surface area contributed by atoms with Crippen molar-refractivity contribution in [2.45, 2.75) is 12.5 Å². The highest BCUT2D eigenvalue weighted by Gasteiger charge is 2.67. The second-order valence-electron chi connectivity index (χ2n) is 7.26. The molecule has 3 aliphatic heterocycles. The van der Waals surface area contributed by atoms with Crippen molar-refractivity contribution in [2.24, 2.45) is 11.8 Å². The van der Waals surface area contributed by atoms with Gasteiger partial charge in [0, 0.05) is 22.3 Å². The van der Waals surface area contributed by atoms with Crippen LogP contribution in [0.25, 0.3) is 0 Å². The molecule has 27 heavy (non-hydrogen) atoms. The minimum atomic E-state index is -1.21. The summed E-state index contributed by atoms with van der Waals surface area (Å²) in [6.07, 6.45) is 0. The van der Waals surface area contributed by atoms with Crippen molar-refractivity contribution in [1.29, 1.82) is 0 Å². The molecule has 6 nitrogen and oxygen atoms in total. The summed E-state index contributed by atoms with van der Waals surface area (Å²) < 4.78 is 0.814. The highest BCUT2D eigenvalue weighted by Crippen LogP contribution is 2.51. The average molecular weight is 426 g/mol. The van der Waals surface area contributed by atoms with Crippen molar-refractivity contribution >= 4 is 45.0 Å². The number of hydrogen-bond acceptors (Lipinski definition) is 4. The number of amides is 3. The molecule has 7 heteroatoms. The van der Waals surface area contributed by atoms with Gasteiger partial charge >= 0.3 is 0 Å². The number of nitrogens with zero attached hydrogens (tertiary/aromatic N) is 1. The van der Waals surface area contributed by atoms with Crippen molar-refractivity contribution in [2.75, 3.05) is 16.8 Å². The summed E-state index contributed by atoms with van der Waals surface area (Å²) >= 11 is 3.44. The number of halogens is 1. The van der Waals surface area contributed by atoms with Gasteiger partial charge in [0.25, 0.3) is 0 Å². The number of rotatable bonds is 1. The Labute approximate surface area is 164 Å². The maximum atomic E-state index is 13.4. The molecule has 3 amide bonds. The molecule has 2 saturated heterocycles. The first-order valence-electron chi connectivity index (χ1n) is 8.74. The highest BCUT2D eigenvalue weighted by atomic mass is 79.9. The van der Waals surface area contributed by atoms with E-state index in [0.29, 0.717) is 16.9 Å². The normalized spacial score (nSPS) is 28.7. The van der Waals surface area contributed by atoms with Crippen LogP contribution in [0.4, 0.5) is 11.4 Å². The zero-order chi connectivity index (χ0) is 18.9. The zero-order valence-electron chi connectivity index (χ0n) is 14.5. The SMILES string of the molecule is Cc1ccc(N2C(=O)[C@@H]3[C@@H](CN[C@]34C(=O)Nc3ccc(Br)cc34)C2=O)cc1. The summed E-state index contributed by atoms with van der Waals surface area (Å²) in [7, 11) is 0. The first-order valence-corrected chi connectivity index (χ1v) is 9.54. The van der Waals surface area contributed by atoms with Crippen molar-refractivity contribution < 1.29 is 14.4 Å². The van der Waals surface area contributed by atoms with Gasteiger partial charge in [0.1, 0.15) is 5.54 Å². The molecule has 2 aromatic rings. The maximum absolute atomic E-state index is 13.4. The Morgan fingerprint density at radius 1 is 1.07 bits per heavy atom. The smallest absolute Gasteiger partial charge is 0.250 e. The third-order valence-electron chi connectivity index (χ3n) is 5.80. The van der Waals surface area contributed by atoms with E-state index < -0.39 is 17.4 Å². The number of anilines is 2. The molecule has 0 bridgehead atoms. The van der Waals surface area contributed by atoms with Gasteiger partial charge in [0.2, 0.25) is 17.7 Å². The molecule has 1 spiro atoms. The number of imide groups is 1. The van der Waals surface area contributed by atoms with Gasteiger partial charge in [-0.1, -0.05) is 33.6 Å². The summed E-state index contributed by atoms with van der Waals surface area (Å²) in [5, 5.41) is 6.07. The van der Waals surface area contributed by atoms with Crippen LogP contribution in [0.2, 0.25) is 0 Å². The lowest BCUT2D eigenvalue weighted by Crippen LogP contribution is -2.51. The molecular weight excluding hydrogens is 410 g/mol. The molecule has 3 atom stereocenters. The standard InChI is InChI=1S/C20H16BrN3O3/c1-10-2-5-12(6-3-10)24-17(25)13-9-22-20(16(13)18(24)26)14-8-11(21)4-7-15(14)23-19(20)27/h2-8,13,16,22H,9H2,1H3,(H,23,27)/t13-,16+,20+/m1/s1. The monoisotopic (exact) mass is 425 g/mol. The molecule has 2 fully saturated rings. The van der Waals surface area contributed by atoms with E-state index in [4.69, 9.17) is 0 Å². The van der Waals surface area contributed by atoms with Gasteiger partial charge in [-0.05, 0) is 37.3 Å². The summed E-state index contributed by atoms with van der Waals surface area (Å²) in [4.78, 5) is 40.6. The van der Waals surface area contributed by atoms with Crippen LogP contribution < -0.4 is 15.5 Å². The second-order valence-corrected chi connectivity index (χ2v) is 8.18. The third kappa shape index (κ3) is 2.06. The Bertz CT molecular complexity index is 1020. The molecule has 0 aromatic heterocycles. The van der Waals surface area contributed by atoms with Crippen LogP contribution in [0.1, 0.15) is 11.1 Å². The summed E-state index contributed by atoms with van der Waals surface area (Å²) in [5.41, 5.74) is 1.76. The minimum absolute atomic E-state index is 0.255. The highest BCUT2D eigenvalue weighted by molar-refractivity contribution is 9.10. The lowest BCUT2D eigenvalue weighted by molar-refractivity contribution is -0.130. The van der Waals surface area contributed by atoms with Crippen LogP contribution in [0.15, 0.2) is 46.9 Å². The van der Waals surface area contributed by atoms with E-state index in [0.717, 1.165) is 10.0 Å².